The van der Waals surface area contributed by atoms with E-state index in [2.05, 4.69) is 15.2 Å². The van der Waals surface area contributed by atoms with Crippen LogP contribution >= 0.6 is 24.0 Å². The van der Waals surface area contributed by atoms with Crippen molar-refractivity contribution in [1.82, 2.24) is 20.0 Å². The second-order valence-electron chi connectivity index (χ2n) is 7.32. The maximum Gasteiger partial charge on any atom is 0.289 e. The zero-order chi connectivity index (χ0) is 22.1. The van der Waals surface area contributed by atoms with Gasteiger partial charge in [0.1, 0.15) is 6.54 Å². The number of carbonyl (C=O) groups is 2. The predicted octanol–water partition coefficient (Wildman–Crippen LogP) is 2.67. The fourth-order valence-electron chi connectivity index (χ4n) is 3.53. The van der Waals surface area contributed by atoms with Gasteiger partial charge < -0.3 is 24.4 Å². The van der Waals surface area contributed by atoms with E-state index in [9.17, 15) is 9.59 Å². The van der Waals surface area contributed by atoms with Crippen LogP contribution in [0.3, 0.4) is 0 Å². The number of benzene rings is 1. The van der Waals surface area contributed by atoms with Gasteiger partial charge in [-0.15, -0.1) is 24.0 Å². The van der Waals surface area contributed by atoms with Crippen LogP contribution in [0.4, 0.5) is 0 Å². The summed E-state index contributed by atoms with van der Waals surface area (Å²) >= 11 is 0. The van der Waals surface area contributed by atoms with Crippen LogP contribution in [0.2, 0.25) is 0 Å². The summed E-state index contributed by atoms with van der Waals surface area (Å²) < 4.78 is 5.22. The van der Waals surface area contributed by atoms with Crippen molar-refractivity contribution in [2.24, 2.45) is 4.99 Å². The highest BCUT2D eigenvalue weighted by Crippen LogP contribution is 2.10. The van der Waals surface area contributed by atoms with Crippen LogP contribution in [0.1, 0.15) is 30.0 Å². The van der Waals surface area contributed by atoms with Crippen LogP contribution < -0.4 is 5.32 Å². The molecule has 1 aromatic carbocycles. The standard InChI is InChI=1S/C23H31N5O3.HI/c1-3-24-23(25-17-21(29)26(4-2)18-19-9-6-5-7-10-19)28-14-12-27(13-15-28)22(30)20-11-8-16-31-20;/h5-11,16H,3-4,12-15,17-18H2,1-2H3,(H,24,25);1H. The molecule has 2 aromatic rings. The fourth-order valence-corrected chi connectivity index (χ4v) is 3.53. The molecule has 0 spiro atoms. The molecule has 0 unspecified atom stereocenters. The maximum atomic E-state index is 12.8. The van der Waals surface area contributed by atoms with Crippen LogP contribution in [0, 0.1) is 0 Å². The number of piperazine rings is 1. The van der Waals surface area contributed by atoms with E-state index in [1.165, 1.54) is 6.26 Å². The molecule has 8 nitrogen and oxygen atoms in total. The minimum atomic E-state index is -0.0960. The molecule has 0 bridgehead atoms. The Kier molecular flexibility index (Phi) is 10.5. The average molecular weight is 553 g/mol. The zero-order valence-corrected chi connectivity index (χ0v) is 21.0. The van der Waals surface area contributed by atoms with Crippen molar-refractivity contribution in [2.75, 3.05) is 45.8 Å². The molecular weight excluding hydrogens is 521 g/mol. The molecular formula is C23H32IN5O3. The van der Waals surface area contributed by atoms with E-state index in [4.69, 9.17) is 4.42 Å². The monoisotopic (exact) mass is 553 g/mol. The number of likely N-dealkylation sites (N-methyl/N-ethyl adjacent to an activating group) is 1. The quantitative estimate of drug-likeness (QED) is 0.324. The lowest BCUT2D eigenvalue weighted by atomic mass is 10.2. The number of nitrogens with zero attached hydrogens (tertiary/aromatic N) is 4. The van der Waals surface area contributed by atoms with Gasteiger partial charge in [-0.1, -0.05) is 30.3 Å². The third kappa shape index (κ3) is 6.98. The summed E-state index contributed by atoms with van der Waals surface area (Å²) in [6.45, 7) is 8.44. The number of guanidine groups is 1. The minimum absolute atomic E-state index is 0. The Bertz CT molecular complexity index is 865. The predicted molar refractivity (Wildman–Crippen MR) is 135 cm³/mol. The van der Waals surface area contributed by atoms with Crippen molar-refractivity contribution in [2.45, 2.75) is 20.4 Å². The Hall–Kier alpha value is -2.56. The first-order valence-corrected chi connectivity index (χ1v) is 10.8. The lowest BCUT2D eigenvalue weighted by molar-refractivity contribution is -0.130. The van der Waals surface area contributed by atoms with Gasteiger partial charge >= 0.3 is 0 Å². The first-order chi connectivity index (χ1) is 15.1. The summed E-state index contributed by atoms with van der Waals surface area (Å²) in [7, 11) is 0. The molecule has 0 aliphatic carbocycles. The zero-order valence-electron chi connectivity index (χ0n) is 18.7. The molecule has 1 fully saturated rings. The summed E-state index contributed by atoms with van der Waals surface area (Å²) in [6, 6.07) is 13.4. The van der Waals surface area contributed by atoms with E-state index in [0.29, 0.717) is 57.5 Å². The molecule has 174 valence electrons. The third-order valence-electron chi connectivity index (χ3n) is 5.25. The number of hydrogen-bond acceptors (Lipinski definition) is 4. The van der Waals surface area contributed by atoms with Gasteiger partial charge in [-0.25, -0.2) is 4.99 Å². The van der Waals surface area contributed by atoms with Gasteiger partial charge in [0.2, 0.25) is 5.91 Å². The van der Waals surface area contributed by atoms with Gasteiger partial charge in [-0.2, -0.15) is 0 Å². The number of hydrogen-bond donors (Lipinski definition) is 1. The normalized spacial score (nSPS) is 14.0. The van der Waals surface area contributed by atoms with Gasteiger partial charge in [0.25, 0.3) is 5.91 Å². The maximum absolute atomic E-state index is 12.8. The number of carbonyl (C=O) groups excluding carboxylic acids is 2. The van der Waals surface area contributed by atoms with Crippen LogP contribution in [-0.2, 0) is 11.3 Å². The highest BCUT2D eigenvalue weighted by molar-refractivity contribution is 14.0. The number of halogens is 1. The Morgan fingerprint density at radius 3 is 2.31 bits per heavy atom. The summed E-state index contributed by atoms with van der Waals surface area (Å²) in [5.74, 6) is 0.962. The van der Waals surface area contributed by atoms with Crippen molar-refractivity contribution < 1.29 is 14.0 Å². The first-order valence-electron chi connectivity index (χ1n) is 10.8. The van der Waals surface area contributed by atoms with Crippen molar-refractivity contribution >= 4 is 41.8 Å². The molecule has 3 rings (SSSR count). The summed E-state index contributed by atoms with van der Waals surface area (Å²) in [5.41, 5.74) is 1.10. The Morgan fingerprint density at radius 2 is 1.72 bits per heavy atom. The van der Waals surface area contributed by atoms with Crippen molar-refractivity contribution in [3.05, 3.63) is 60.1 Å². The van der Waals surface area contributed by atoms with Crippen LogP contribution in [0.15, 0.2) is 58.1 Å². The average Bonchev–Trinajstić information content (AvgIpc) is 3.35. The molecule has 1 saturated heterocycles. The molecule has 1 aliphatic rings. The second kappa shape index (κ2) is 13.1. The highest BCUT2D eigenvalue weighted by Gasteiger charge is 2.25. The number of aliphatic imine (C=N–C) groups is 1. The van der Waals surface area contributed by atoms with Crippen LogP contribution in [0.5, 0.6) is 0 Å². The smallest absolute Gasteiger partial charge is 0.289 e. The highest BCUT2D eigenvalue weighted by atomic mass is 127. The van der Waals surface area contributed by atoms with E-state index in [1.54, 1.807) is 17.0 Å². The number of nitrogens with one attached hydrogen (secondary N) is 1. The van der Waals surface area contributed by atoms with Crippen LogP contribution in [0.25, 0.3) is 0 Å². The molecule has 0 radical (unpaired) electrons. The third-order valence-corrected chi connectivity index (χ3v) is 5.25. The molecule has 0 atom stereocenters. The Balaban J connectivity index is 0.00000363. The van der Waals surface area contributed by atoms with Gasteiger partial charge in [0, 0.05) is 45.8 Å². The lowest BCUT2D eigenvalue weighted by Gasteiger charge is -2.36. The SMILES string of the molecule is CCNC(=NCC(=O)N(CC)Cc1ccccc1)N1CCN(C(=O)c2ccco2)CC1.I. The van der Waals surface area contributed by atoms with E-state index in [-0.39, 0.29) is 42.3 Å². The summed E-state index contributed by atoms with van der Waals surface area (Å²) in [5, 5.41) is 3.27. The summed E-state index contributed by atoms with van der Waals surface area (Å²) in [6.07, 6.45) is 1.51. The van der Waals surface area contributed by atoms with Gasteiger partial charge in [-0.3, -0.25) is 9.59 Å². The van der Waals surface area contributed by atoms with E-state index >= 15 is 0 Å². The number of rotatable bonds is 7. The fraction of sp³-hybridized carbons (Fsp3) is 0.435. The van der Waals surface area contributed by atoms with Gasteiger partial charge in [-0.05, 0) is 31.5 Å². The van der Waals surface area contributed by atoms with Gasteiger partial charge in [0.15, 0.2) is 11.7 Å². The molecule has 1 aliphatic heterocycles. The topological polar surface area (TPSA) is 81.4 Å². The molecule has 2 heterocycles. The minimum Gasteiger partial charge on any atom is -0.459 e. The van der Waals surface area contributed by atoms with E-state index in [0.717, 1.165) is 5.56 Å². The van der Waals surface area contributed by atoms with Crippen molar-refractivity contribution in [1.29, 1.82) is 0 Å². The van der Waals surface area contributed by atoms with Crippen molar-refractivity contribution in [3.63, 3.8) is 0 Å². The molecule has 0 saturated carbocycles. The molecule has 1 aromatic heterocycles. The Morgan fingerprint density at radius 1 is 1.03 bits per heavy atom. The lowest BCUT2D eigenvalue weighted by Crippen LogP contribution is -2.54. The Labute approximate surface area is 206 Å². The van der Waals surface area contributed by atoms with E-state index < -0.39 is 0 Å². The van der Waals surface area contributed by atoms with Crippen LogP contribution in [-0.4, -0.2) is 78.3 Å². The first kappa shape index (κ1) is 25.7. The van der Waals surface area contributed by atoms with Gasteiger partial charge in [0.05, 0.1) is 6.26 Å². The van der Waals surface area contributed by atoms with E-state index in [1.807, 2.05) is 49.1 Å². The molecule has 32 heavy (non-hydrogen) atoms. The van der Waals surface area contributed by atoms with Crippen molar-refractivity contribution in [3.8, 4) is 0 Å². The molecule has 9 heteroatoms. The molecule has 2 amide bonds. The largest absolute Gasteiger partial charge is 0.459 e. The number of amides is 2. The second-order valence-corrected chi connectivity index (χ2v) is 7.32. The summed E-state index contributed by atoms with van der Waals surface area (Å²) in [4.78, 5) is 35.5. The molecule has 1 N–H and O–H groups in total. The number of furan rings is 1.